The molecule has 2 nitrogen and oxygen atoms in total. The van der Waals surface area contributed by atoms with Gasteiger partial charge in [-0.3, -0.25) is 0 Å². The van der Waals surface area contributed by atoms with E-state index < -0.39 is 6.08 Å². The molecule has 0 atom stereocenters. The first kappa shape index (κ1) is 8.46. The maximum atomic E-state index is 12.0. The number of allylic oxidation sites excluding steroid dienone is 1. The van der Waals surface area contributed by atoms with Crippen LogP contribution in [0.1, 0.15) is 6.92 Å². The summed E-state index contributed by atoms with van der Waals surface area (Å²) in [5.74, 6) is 0. The van der Waals surface area contributed by atoms with Crippen molar-refractivity contribution in [1.29, 1.82) is 0 Å². The van der Waals surface area contributed by atoms with Gasteiger partial charge in [0.25, 0.3) is 6.08 Å². The molecule has 0 amide bonds. The molecule has 1 aliphatic rings. The Bertz CT molecular complexity index is 160. The van der Waals surface area contributed by atoms with E-state index >= 15 is 0 Å². The van der Waals surface area contributed by atoms with Crippen LogP contribution in [0.25, 0.3) is 0 Å². The Morgan fingerprint density at radius 2 is 1.82 bits per heavy atom. The fraction of sp³-hybridized carbons (Fsp3) is 0.714. The summed E-state index contributed by atoms with van der Waals surface area (Å²) in [4.78, 5) is 1.64. The summed E-state index contributed by atoms with van der Waals surface area (Å²) in [6.45, 7) is 3.67. The first-order valence-corrected chi connectivity index (χ1v) is 3.56. The van der Waals surface area contributed by atoms with E-state index in [-0.39, 0.29) is 5.70 Å². The van der Waals surface area contributed by atoms with E-state index in [9.17, 15) is 8.78 Å². The lowest BCUT2D eigenvalue weighted by Gasteiger charge is -2.28. The van der Waals surface area contributed by atoms with E-state index in [4.69, 9.17) is 4.74 Å². The van der Waals surface area contributed by atoms with Crippen LogP contribution >= 0.6 is 0 Å². The predicted molar refractivity (Wildman–Crippen MR) is 37.3 cm³/mol. The minimum atomic E-state index is -1.59. The van der Waals surface area contributed by atoms with Crippen molar-refractivity contribution in [2.45, 2.75) is 6.92 Å². The summed E-state index contributed by atoms with van der Waals surface area (Å²) in [5.41, 5.74) is 0.0771. The van der Waals surface area contributed by atoms with E-state index in [0.29, 0.717) is 26.3 Å². The highest BCUT2D eigenvalue weighted by molar-refractivity contribution is 4.98. The summed E-state index contributed by atoms with van der Waals surface area (Å²) in [5, 5.41) is 0. The van der Waals surface area contributed by atoms with Crippen molar-refractivity contribution >= 4 is 0 Å². The zero-order valence-corrected chi connectivity index (χ0v) is 6.44. The summed E-state index contributed by atoms with van der Waals surface area (Å²) in [6.07, 6.45) is -1.59. The average molecular weight is 163 g/mol. The van der Waals surface area contributed by atoms with Crippen molar-refractivity contribution in [3.8, 4) is 0 Å². The number of ether oxygens (including phenoxy) is 1. The molecule has 0 aliphatic carbocycles. The number of nitrogens with zero attached hydrogens (tertiary/aromatic N) is 1. The Kier molecular flexibility index (Phi) is 2.82. The lowest BCUT2D eigenvalue weighted by molar-refractivity contribution is 0.0510. The summed E-state index contributed by atoms with van der Waals surface area (Å²) in [6, 6.07) is 0. The Balaban J connectivity index is 2.52. The van der Waals surface area contributed by atoms with Crippen molar-refractivity contribution < 1.29 is 13.5 Å². The van der Waals surface area contributed by atoms with Crippen LogP contribution in [0.3, 0.4) is 0 Å². The normalized spacial score (nSPS) is 18.3. The number of hydrogen-bond donors (Lipinski definition) is 0. The first-order valence-electron chi connectivity index (χ1n) is 3.56. The van der Waals surface area contributed by atoms with Gasteiger partial charge in [0.05, 0.1) is 18.9 Å². The van der Waals surface area contributed by atoms with Gasteiger partial charge in [-0.2, -0.15) is 8.78 Å². The maximum absolute atomic E-state index is 12.0. The molecule has 1 heterocycles. The first-order chi connectivity index (χ1) is 5.22. The van der Waals surface area contributed by atoms with Crippen molar-refractivity contribution in [3.63, 3.8) is 0 Å². The van der Waals surface area contributed by atoms with Crippen LogP contribution in [-0.4, -0.2) is 31.2 Å². The highest BCUT2D eigenvalue weighted by atomic mass is 19.3. The second-order valence-electron chi connectivity index (χ2n) is 2.45. The minimum absolute atomic E-state index is 0.0771. The molecular weight excluding hydrogens is 152 g/mol. The number of rotatable bonds is 1. The van der Waals surface area contributed by atoms with Crippen molar-refractivity contribution in [1.82, 2.24) is 4.90 Å². The van der Waals surface area contributed by atoms with Crippen LogP contribution in [0.4, 0.5) is 8.78 Å². The van der Waals surface area contributed by atoms with Crippen LogP contribution in [0.5, 0.6) is 0 Å². The SMILES string of the molecule is CC(=C(F)F)N1CCOCC1. The quantitative estimate of drug-likeness (QED) is 0.580. The Hall–Kier alpha value is -0.640. The van der Waals surface area contributed by atoms with Gasteiger partial charge in [-0.1, -0.05) is 0 Å². The fourth-order valence-electron chi connectivity index (χ4n) is 1.02. The van der Waals surface area contributed by atoms with Crippen LogP contribution in [0, 0.1) is 0 Å². The third-order valence-electron chi connectivity index (χ3n) is 1.76. The van der Waals surface area contributed by atoms with Crippen LogP contribution in [0.15, 0.2) is 11.8 Å². The lowest BCUT2D eigenvalue weighted by Crippen LogP contribution is -2.35. The molecule has 64 valence electrons. The Morgan fingerprint density at radius 3 is 2.27 bits per heavy atom. The van der Waals surface area contributed by atoms with Crippen molar-refractivity contribution in [2.24, 2.45) is 0 Å². The summed E-state index contributed by atoms with van der Waals surface area (Å²) < 4.78 is 29.0. The van der Waals surface area contributed by atoms with Crippen LogP contribution in [-0.2, 0) is 4.74 Å². The van der Waals surface area contributed by atoms with Gasteiger partial charge in [-0.05, 0) is 6.92 Å². The largest absolute Gasteiger partial charge is 0.378 e. The van der Waals surface area contributed by atoms with Gasteiger partial charge in [-0.25, -0.2) is 0 Å². The lowest BCUT2D eigenvalue weighted by atomic mass is 10.4. The minimum Gasteiger partial charge on any atom is -0.378 e. The molecule has 0 spiro atoms. The van der Waals surface area contributed by atoms with E-state index in [1.54, 1.807) is 4.90 Å². The molecule has 0 N–H and O–H groups in total. The molecule has 1 rings (SSSR count). The molecule has 1 fully saturated rings. The summed E-state index contributed by atoms with van der Waals surface area (Å²) >= 11 is 0. The second kappa shape index (κ2) is 3.67. The highest BCUT2D eigenvalue weighted by Crippen LogP contribution is 2.13. The summed E-state index contributed by atoms with van der Waals surface area (Å²) in [7, 11) is 0. The van der Waals surface area contributed by atoms with Crippen molar-refractivity contribution in [2.75, 3.05) is 26.3 Å². The van der Waals surface area contributed by atoms with E-state index in [2.05, 4.69) is 0 Å². The standard InChI is InChI=1S/C7H11F2NO/c1-6(7(8)9)10-2-4-11-5-3-10/h2-5H2,1H3. The molecule has 0 aromatic carbocycles. The van der Waals surface area contributed by atoms with Gasteiger partial charge < -0.3 is 9.64 Å². The van der Waals surface area contributed by atoms with Gasteiger partial charge in [-0.15, -0.1) is 0 Å². The highest BCUT2D eigenvalue weighted by Gasteiger charge is 2.13. The third kappa shape index (κ3) is 2.15. The topological polar surface area (TPSA) is 12.5 Å². The Labute approximate surface area is 64.4 Å². The number of halogens is 2. The maximum Gasteiger partial charge on any atom is 0.288 e. The fourth-order valence-corrected chi connectivity index (χ4v) is 1.02. The van der Waals surface area contributed by atoms with Gasteiger partial charge in [0.2, 0.25) is 0 Å². The monoisotopic (exact) mass is 163 g/mol. The molecule has 0 unspecified atom stereocenters. The number of hydrogen-bond acceptors (Lipinski definition) is 2. The molecule has 0 radical (unpaired) electrons. The van der Waals surface area contributed by atoms with Gasteiger partial charge in [0.15, 0.2) is 0 Å². The van der Waals surface area contributed by atoms with E-state index in [1.165, 1.54) is 6.92 Å². The predicted octanol–water partition coefficient (Wildman–Crippen LogP) is 1.45. The average Bonchev–Trinajstić information content (AvgIpc) is 2.05. The molecule has 1 saturated heterocycles. The molecule has 4 heteroatoms. The van der Waals surface area contributed by atoms with Gasteiger partial charge in [0, 0.05) is 13.1 Å². The Morgan fingerprint density at radius 1 is 1.27 bits per heavy atom. The zero-order chi connectivity index (χ0) is 8.27. The molecule has 0 aromatic heterocycles. The van der Waals surface area contributed by atoms with Gasteiger partial charge in [0.1, 0.15) is 0 Å². The molecule has 1 aliphatic heterocycles. The molecule has 0 bridgehead atoms. The van der Waals surface area contributed by atoms with Crippen molar-refractivity contribution in [3.05, 3.63) is 11.8 Å². The van der Waals surface area contributed by atoms with E-state index in [0.717, 1.165) is 0 Å². The molecule has 0 aromatic rings. The van der Waals surface area contributed by atoms with Gasteiger partial charge >= 0.3 is 0 Å². The second-order valence-corrected chi connectivity index (χ2v) is 2.45. The third-order valence-corrected chi connectivity index (χ3v) is 1.76. The number of morpholine rings is 1. The zero-order valence-electron chi connectivity index (χ0n) is 6.44. The van der Waals surface area contributed by atoms with Crippen LogP contribution in [0.2, 0.25) is 0 Å². The molecular formula is C7H11F2NO. The molecule has 0 saturated carbocycles. The molecule has 11 heavy (non-hydrogen) atoms. The smallest absolute Gasteiger partial charge is 0.288 e. The van der Waals surface area contributed by atoms with Crippen LogP contribution < -0.4 is 0 Å². The van der Waals surface area contributed by atoms with E-state index in [1.807, 2.05) is 0 Å².